The number of rotatable bonds is 4. The van der Waals surface area contributed by atoms with Crippen LogP contribution in [0.5, 0.6) is 0 Å². The summed E-state index contributed by atoms with van der Waals surface area (Å²) < 4.78 is 0. The number of aldehydes is 1. The van der Waals surface area contributed by atoms with Crippen LogP contribution in [-0.4, -0.2) is 6.29 Å². The fourth-order valence-corrected chi connectivity index (χ4v) is 3.96. The second-order valence-electron chi connectivity index (χ2n) is 7.43. The zero-order chi connectivity index (χ0) is 20.3. The van der Waals surface area contributed by atoms with Crippen LogP contribution in [0, 0.1) is 0 Å². The second kappa shape index (κ2) is 7.81. The van der Waals surface area contributed by atoms with Gasteiger partial charge in [0.1, 0.15) is 0 Å². The standard InChI is InChI=1S/C29H20O/c30-20-28-19-24(22-9-5-2-6-10-22)15-16-29(28)27-14-13-25-17-23(11-12-26(25)18-27)21-7-3-1-4-8-21/h1-20H. The fraction of sp³-hybridized carbons (Fsp3) is 0. The van der Waals surface area contributed by atoms with Crippen molar-refractivity contribution in [2.45, 2.75) is 0 Å². The lowest BCUT2D eigenvalue weighted by molar-refractivity contribution is 0.112. The molecule has 5 aromatic rings. The van der Waals surface area contributed by atoms with Crippen molar-refractivity contribution in [3.05, 3.63) is 121 Å². The first kappa shape index (κ1) is 18.1. The molecular formula is C29H20O. The van der Waals surface area contributed by atoms with Crippen molar-refractivity contribution < 1.29 is 4.79 Å². The van der Waals surface area contributed by atoms with E-state index in [-0.39, 0.29) is 0 Å². The zero-order valence-electron chi connectivity index (χ0n) is 16.5. The van der Waals surface area contributed by atoms with Crippen molar-refractivity contribution in [1.82, 2.24) is 0 Å². The molecule has 0 aromatic heterocycles. The molecular weight excluding hydrogens is 364 g/mol. The minimum absolute atomic E-state index is 0.705. The van der Waals surface area contributed by atoms with Gasteiger partial charge in [-0.1, -0.05) is 97.1 Å². The van der Waals surface area contributed by atoms with Gasteiger partial charge in [0.2, 0.25) is 0 Å². The van der Waals surface area contributed by atoms with Gasteiger partial charge in [0.15, 0.2) is 6.29 Å². The zero-order valence-corrected chi connectivity index (χ0v) is 16.5. The van der Waals surface area contributed by atoms with Crippen molar-refractivity contribution in [2.75, 3.05) is 0 Å². The van der Waals surface area contributed by atoms with E-state index in [1.54, 1.807) is 0 Å². The molecule has 0 fully saturated rings. The van der Waals surface area contributed by atoms with Gasteiger partial charge in [-0.25, -0.2) is 0 Å². The molecule has 0 N–H and O–H groups in total. The van der Waals surface area contributed by atoms with E-state index in [0.29, 0.717) is 5.56 Å². The Balaban J connectivity index is 1.55. The van der Waals surface area contributed by atoms with E-state index < -0.39 is 0 Å². The molecule has 0 aliphatic heterocycles. The predicted octanol–water partition coefficient (Wildman–Crippen LogP) is 7.65. The molecule has 0 saturated heterocycles. The van der Waals surface area contributed by atoms with Crippen LogP contribution in [0.25, 0.3) is 44.2 Å². The Hall–Kier alpha value is -3.97. The summed E-state index contributed by atoms with van der Waals surface area (Å²) in [6.07, 6.45) is 0.949. The molecule has 0 amide bonds. The van der Waals surface area contributed by atoms with E-state index in [0.717, 1.165) is 33.9 Å². The van der Waals surface area contributed by atoms with E-state index in [1.165, 1.54) is 16.5 Å². The molecule has 1 nitrogen and oxygen atoms in total. The third-order valence-corrected chi connectivity index (χ3v) is 5.54. The highest BCUT2D eigenvalue weighted by Crippen LogP contribution is 2.32. The number of benzene rings is 5. The van der Waals surface area contributed by atoms with Crippen LogP contribution >= 0.6 is 0 Å². The Morgan fingerprint density at radius 3 is 1.53 bits per heavy atom. The van der Waals surface area contributed by atoms with Gasteiger partial charge in [-0.05, 0) is 62.4 Å². The quantitative estimate of drug-likeness (QED) is 0.291. The van der Waals surface area contributed by atoms with E-state index in [2.05, 4.69) is 78.9 Å². The van der Waals surface area contributed by atoms with Crippen LogP contribution in [0.15, 0.2) is 115 Å². The summed E-state index contributed by atoms with van der Waals surface area (Å²) in [6.45, 7) is 0. The van der Waals surface area contributed by atoms with Crippen LogP contribution in [0.4, 0.5) is 0 Å². The van der Waals surface area contributed by atoms with Crippen LogP contribution in [0.2, 0.25) is 0 Å². The molecule has 142 valence electrons. The summed E-state index contributed by atoms with van der Waals surface area (Å²) in [7, 11) is 0. The third kappa shape index (κ3) is 3.42. The highest BCUT2D eigenvalue weighted by molar-refractivity contribution is 5.95. The summed E-state index contributed by atoms with van der Waals surface area (Å²) in [5.74, 6) is 0. The molecule has 5 aromatic carbocycles. The lowest BCUT2D eigenvalue weighted by Crippen LogP contribution is -1.90. The van der Waals surface area contributed by atoms with E-state index in [1.807, 2.05) is 36.4 Å². The molecule has 0 atom stereocenters. The number of fused-ring (bicyclic) bond motifs is 1. The van der Waals surface area contributed by atoms with Gasteiger partial charge >= 0.3 is 0 Å². The molecule has 0 spiro atoms. The van der Waals surface area contributed by atoms with Gasteiger partial charge in [0.25, 0.3) is 0 Å². The number of hydrogen-bond acceptors (Lipinski definition) is 1. The molecule has 1 heteroatoms. The highest BCUT2D eigenvalue weighted by Gasteiger charge is 2.09. The average molecular weight is 384 g/mol. The largest absolute Gasteiger partial charge is 0.298 e. The molecule has 0 saturated carbocycles. The summed E-state index contributed by atoms with van der Waals surface area (Å²) in [6, 6.07) is 39.6. The highest BCUT2D eigenvalue weighted by atomic mass is 16.1. The maximum atomic E-state index is 11.8. The summed E-state index contributed by atoms with van der Waals surface area (Å²) in [4.78, 5) is 11.8. The lowest BCUT2D eigenvalue weighted by atomic mass is 9.93. The van der Waals surface area contributed by atoms with Crippen molar-refractivity contribution in [3.8, 4) is 33.4 Å². The minimum atomic E-state index is 0.705. The van der Waals surface area contributed by atoms with Crippen LogP contribution in [0.3, 0.4) is 0 Å². The Morgan fingerprint density at radius 2 is 0.933 bits per heavy atom. The van der Waals surface area contributed by atoms with Crippen molar-refractivity contribution >= 4 is 17.1 Å². The third-order valence-electron chi connectivity index (χ3n) is 5.54. The first-order valence-corrected chi connectivity index (χ1v) is 10.1. The summed E-state index contributed by atoms with van der Waals surface area (Å²) >= 11 is 0. The predicted molar refractivity (Wildman–Crippen MR) is 126 cm³/mol. The van der Waals surface area contributed by atoms with Crippen LogP contribution in [-0.2, 0) is 0 Å². The number of carbonyl (C=O) groups excluding carboxylic acids is 1. The van der Waals surface area contributed by atoms with Gasteiger partial charge in [0, 0.05) is 5.56 Å². The Labute approximate surface area is 176 Å². The average Bonchev–Trinajstić information content (AvgIpc) is 2.84. The number of hydrogen-bond donors (Lipinski definition) is 0. The van der Waals surface area contributed by atoms with E-state index in [4.69, 9.17) is 0 Å². The SMILES string of the molecule is O=Cc1cc(-c2ccccc2)ccc1-c1ccc2cc(-c3ccccc3)ccc2c1. The molecule has 30 heavy (non-hydrogen) atoms. The van der Waals surface area contributed by atoms with Crippen molar-refractivity contribution in [1.29, 1.82) is 0 Å². The maximum Gasteiger partial charge on any atom is 0.150 e. The van der Waals surface area contributed by atoms with Gasteiger partial charge in [0.05, 0.1) is 0 Å². The topological polar surface area (TPSA) is 17.1 Å². The first-order valence-electron chi connectivity index (χ1n) is 10.1. The Morgan fingerprint density at radius 1 is 0.433 bits per heavy atom. The van der Waals surface area contributed by atoms with Gasteiger partial charge < -0.3 is 0 Å². The molecule has 0 heterocycles. The van der Waals surface area contributed by atoms with Crippen LogP contribution < -0.4 is 0 Å². The fourth-order valence-electron chi connectivity index (χ4n) is 3.96. The van der Waals surface area contributed by atoms with E-state index >= 15 is 0 Å². The molecule has 0 unspecified atom stereocenters. The van der Waals surface area contributed by atoms with Gasteiger partial charge in [-0.15, -0.1) is 0 Å². The lowest BCUT2D eigenvalue weighted by Gasteiger charge is -2.10. The Bertz CT molecular complexity index is 1340. The maximum absolute atomic E-state index is 11.8. The summed E-state index contributed by atoms with van der Waals surface area (Å²) in [5.41, 5.74) is 7.29. The number of carbonyl (C=O) groups is 1. The molecule has 0 aliphatic carbocycles. The first-order chi connectivity index (χ1) is 14.8. The molecule has 0 radical (unpaired) electrons. The van der Waals surface area contributed by atoms with E-state index in [9.17, 15) is 4.79 Å². The Kier molecular flexibility index (Phi) is 4.71. The molecule has 5 rings (SSSR count). The van der Waals surface area contributed by atoms with Crippen molar-refractivity contribution in [3.63, 3.8) is 0 Å². The van der Waals surface area contributed by atoms with Crippen molar-refractivity contribution in [2.24, 2.45) is 0 Å². The minimum Gasteiger partial charge on any atom is -0.298 e. The van der Waals surface area contributed by atoms with Crippen LogP contribution in [0.1, 0.15) is 10.4 Å². The summed E-state index contributed by atoms with van der Waals surface area (Å²) in [5, 5.41) is 2.35. The smallest absolute Gasteiger partial charge is 0.150 e. The van der Waals surface area contributed by atoms with Gasteiger partial charge in [-0.2, -0.15) is 0 Å². The second-order valence-corrected chi connectivity index (χ2v) is 7.43. The normalized spacial score (nSPS) is 10.8. The monoisotopic (exact) mass is 384 g/mol. The van der Waals surface area contributed by atoms with Gasteiger partial charge in [-0.3, -0.25) is 4.79 Å². The molecule has 0 bridgehead atoms. The molecule has 0 aliphatic rings.